The van der Waals surface area contributed by atoms with Gasteiger partial charge in [0.15, 0.2) is 0 Å². The molecule has 0 rings (SSSR count). The molecule has 0 bridgehead atoms. The minimum absolute atomic E-state index is 0. The standard InChI is InChI=1S/C15H28O4.2Na/c1-5-6-7-8-9-10-11-15(12(16)17,13(18)19)14(2,3)4;;/h5-11H2,1-4H3,(H,16,17)(H,18,19);;/q;2*+1/p-2. The number of carboxylic acids is 2. The van der Waals surface area contributed by atoms with Gasteiger partial charge in [0.05, 0.1) is 17.4 Å². The Labute approximate surface area is 173 Å². The largest absolute Gasteiger partial charge is 1.00 e. The first kappa shape index (κ1) is 26.8. The number of carboxylic acid groups (broad SMARTS) is 2. The molecular weight excluding hydrogens is 290 g/mol. The third-order valence-corrected chi connectivity index (χ3v) is 3.88. The molecule has 0 heterocycles. The van der Waals surface area contributed by atoms with Crippen molar-refractivity contribution < 1.29 is 78.9 Å². The number of hydrogen-bond donors (Lipinski definition) is 0. The third-order valence-electron chi connectivity index (χ3n) is 3.88. The molecule has 0 fully saturated rings. The second-order valence-corrected chi connectivity index (χ2v) is 6.25. The maximum Gasteiger partial charge on any atom is 1.00 e. The fourth-order valence-electron chi connectivity index (χ4n) is 2.45. The Hall–Kier alpha value is 0.940. The molecule has 0 radical (unpaired) electrons. The van der Waals surface area contributed by atoms with Crippen LogP contribution < -0.4 is 69.3 Å². The van der Waals surface area contributed by atoms with E-state index in [0.29, 0.717) is 6.42 Å². The molecule has 0 N–H and O–H groups in total. The van der Waals surface area contributed by atoms with Gasteiger partial charge >= 0.3 is 59.1 Å². The molecule has 0 aliphatic heterocycles. The van der Waals surface area contributed by atoms with Gasteiger partial charge in [0.1, 0.15) is 0 Å². The van der Waals surface area contributed by atoms with Crippen LogP contribution in [0.4, 0.5) is 0 Å². The zero-order valence-electron chi connectivity index (χ0n) is 14.6. The average molecular weight is 316 g/mol. The van der Waals surface area contributed by atoms with Gasteiger partial charge in [-0.2, -0.15) is 0 Å². The Morgan fingerprint density at radius 3 is 1.52 bits per heavy atom. The van der Waals surface area contributed by atoms with Gasteiger partial charge in [-0.15, -0.1) is 0 Å². The quantitative estimate of drug-likeness (QED) is 0.243. The van der Waals surface area contributed by atoms with E-state index in [9.17, 15) is 19.8 Å². The Morgan fingerprint density at radius 2 is 1.19 bits per heavy atom. The molecule has 112 valence electrons. The van der Waals surface area contributed by atoms with E-state index in [4.69, 9.17) is 0 Å². The van der Waals surface area contributed by atoms with Crippen LogP contribution in [0.1, 0.15) is 72.6 Å². The summed E-state index contributed by atoms with van der Waals surface area (Å²) in [6.07, 6.45) is 5.91. The van der Waals surface area contributed by atoms with Crippen LogP contribution in [0, 0.1) is 10.8 Å². The van der Waals surface area contributed by atoms with Crippen molar-refractivity contribution in [3.8, 4) is 0 Å². The van der Waals surface area contributed by atoms with E-state index in [1.165, 1.54) is 0 Å². The first-order valence-corrected chi connectivity index (χ1v) is 7.13. The second-order valence-electron chi connectivity index (χ2n) is 6.25. The second kappa shape index (κ2) is 12.4. The molecule has 0 aliphatic rings. The zero-order chi connectivity index (χ0) is 15.1. The minimum atomic E-state index is -1.91. The van der Waals surface area contributed by atoms with Gasteiger partial charge in [-0.3, -0.25) is 0 Å². The summed E-state index contributed by atoms with van der Waals surface area (Å²) < 4.78 is 0. The molecule has 0 spiro atoms. The van der Waals surface area contributed by atoms with E-state index >= 15 is 0 Å². The minimum Gasteiger partial charge on any atom is -0.549 e. The fraction of sp³-hybridized carbons (Fsp3) is 0.867. The van der Waals surface area contributed by atoms with E-state index in [1.54, 1.807) is 20.8 Å². The van der Waals surface area contributed by atoms with E-state index in [1.807, 2.05) is 0 Å². The Morgan fingerprint density at radius 1 is 0.810 bits per heavy atom. The molecule has 0 unspecified atom stereocenters. The van der Waals surface area contributed by atoms with E-state index in [-0.39, 0.29) is 65.5 Å². The monoisotopic (exact) mass is 316 g/mol. The Balaban J connectivity index is -0.00000162. The molecule has 0 atom stereocenters. The van der Waals surface area contributed by atoms with Gasteiger partial charge < -0.3 is 19.8 Å². The van der Waals surface area contributed by atoms with Gasteiger partial charge in [-0.1, -0.05) is 66.2 Å². The first-order chi connectivity index (χ1) is 8.70. The summed E-state index contributed by atoms with van der Waals surface area (Å²) in [6, 6.07) is 0. The summed E-state index contributed by atoms with van der Waals surface area (Å²) in [7, 11) is 0. The number of hydrogen-bond acceptors (Lipinski definition) is 4. The molecule has 4 nitrogen and oxygen atoms in total. The van der Waals surface area contributed by atoms with Crippen LogP contribution in [0.15, 0.2) is 0 Å². The van der Waals surface area contributed by atoms with Crippen LogP contribution in [-0.4, -0.2) is 11.9 Å². The Bertz CT molecular complexity index is 297. The Kier molecular flexibility index (Phi) is 15.8. The van der Waals surface area contributed by atoms with Crippen molar-refractivity contribution in [3.63, 3.8) is 0 Å². The molecule has 0 amide bonds. The smallest absolute Gasteiger partial charge is 0.549 e. The SMILES string of the molecule is CCCCCCCCC(C(=O)[O-])(C(=O)[O-])C(C)(C)C.[Na+].[Na+]. The molecule has 0 saturated carbocycles. The third kappa shape index (κ3) is 7.85. The summed E-state index contributed by atoms with van der Waals surface area (Å²) in [5.41, 5.74) is -2.83. The average Bonchev–Trinajstić information content (AvgIpc) is 2.25. The molecule has 0 aromatic heterocycles. The van der Waals surface area contributed by atoms with Gasteiger partial charge in [-0.05, 0) is 11.8 Å². The van der Waals surface area contributed by atoms with E-state index in [0.717, 1.165) is 32.1 Å². The molecule has 0 aromatic rings. The van der Waals surface area contributed by atoms with Crippen LogP contribution in [0.3, 0.4) is 0 Å². The van der Waals surface area contributed by atoms with Crippen LogP contribution in [0.5, 0.6) is 0 Å². The summed E-state index contributed by atoms with van der Waals surface area (Å²) in [6.45, 7) is 6.94. The maximum absolute atomic E-state index is 11.3. The van der Waals surface area contributed by atoms with Crippen LogP contribution >= 0.6 is 0 Å². The molecule has 0 saturated heterocycles. The molecule has 0 aromatic carbocycles. The summed E-state index contributed by atoms with van der Waals surface area (Å²) in [5.74, 6) is -3.07. The molecule has 0 aliphatic carbocycles. The number of unbranched alkanes of at least 4 members (excludes halogenated alkanes) is 5. The predicted molar refractivity (Wildman–Crippen MR) is 69.9 cm³/mol. The van der Waals surface area contributed by atoms with E-state index < -0.39 is 22.8 Å². The van der Waals surface area contributed by atoms with Crippen molar-refractivity contribution in [2.24, 2.45) is 10.8 Å². The van der Waals surface area contributed by atoms with E-state index in [2.05, 4.69) is 6.92 Å². The van der Waals surface area contributed by atoms with Gasteiger partial charge in [-0.25, -0.2) is 0 Å². The number of rotatable bonds is 9. The summed E-state index contributed by atoms with van der Waals surface area (Å²) in [4.78, 5) is 22.7. The first-order valence-electron chi connectivity index (χ1n) is 7.13. The molecular formula is C15H26Na2O4. The van der Waals surface area contributed by atoms with Gasteiger partial charge in [0, 0.05) is 0 Å². The van der Waals surface area contributed by atoms with Crippen LogP contribution in [-0.2, 0) is 9.59 Å². The number of carbonyl (C=O) groups excluding carboxylic acids is 2. The number of carbonyl (C=O) groups is 2. The molecule has 6 heteroatoms. The maximum atomic E-state index is 11.3. The van der Waals surface area contributed by atoms with Gasteiger partial charge in [0.25, 0.3) is 0 Å². The van der Waals surface area contributed by atoms with Crippen molar-refractivity contribution in [3.05, 3.63) is 0 Å². The number of aliphatic carboxylic acids is 2. The van der Waals surface area contributed by atoms with Crippen molar-refractivity contribution in [2.75, 3.05) is 0 Å². The summed E-state index contributed by atoms with van der Waals surface area (Å²) in [5, 5.41) is 22.7. The topological polar surface area (TPSA) is 80.3 Å². The van der Waals surface area contributed by atoms with Crippen LogP contribution in [0.25, 0.3) is 0 Å². The van der Waals surface area contributed by atoms with Crippen LogP contribution in [0.2, 0.25) is 0 Å². The predicted octanol–water partition coefficient (Wildman–Crippen LogP) is -4.72. The molecule has 21 heavy (non-hydrogen) atoms. The normalized spacial score (nSPS) is 11.2. The van der Waals surface area contributed by atoms with Gasteiger partial charge in [0.2, 0.25) is 0 Å². The summed E-state index contributed by atoms with van der Waals surface area (Å²) >= 11 is 0. The van der Waals surface area contributed by atoms with Crippen molar-refractivity contribution in [2.45, 2.75) is 72.6 Å². The van der Waals surface area contributed by atoms with Crippen molar-refractivity contribution in [1.29, 1.82) is 0 Å². The fourth-order valence-corrected chi connectivity index (χ4v) is 2.45. The van der Waals surface area contributed by atoms with Crippen molar-refractivity contribution in [1.82, 2.24) is 0 Å². The zero-order valence-corrected chi connectivity index (χ0v) is 18.6. The van der Waals surface area contributed by atoms with Crippen molar-refractivity contribution >= 4 is 11.9 Å².